The van der Waals surface area contributed by atoms with Crippen LogP contribution in [0.5, 0.6) is 0 Å². The highest BCUT2D eigenvalue weighted by Gasteiger charge is 2.10. The summed E-state index contributed by atoms with van der Waals surface area (Å²) < 4.78 is 0. The first-order valence-corrected chi connectivity index (χ1v) is 5.49. The predicted octanol–water partition coefficient (Wildman–Crippen LogP) is 2.03. The summed E-state index contributed by atoms with van der Waals surface area (Å²) in [6.45, 7) is 0. The highest BCUT2D eigenvalue weighted by Crippen LogP contribution is 2.16. The Kier molecular flexibility index (Phi) is 3.02. The third-order valence-electron chi connectivity index (χ3n) is 1.70. The number of nitrogens with two attached hydrogens (primary N) is 1. The van der Waals surface area contributed by atoms with E-state index in [1.807, 2.05) is 0 Å². The normalized spacial score (nSPS) is 10.1. The molecule has 2 rings (SSSR count). The van der Waals surface area contributed by atoms with Crippen molar-refractivity contribution in [1.82, 2.24) is 9.97 Å². The number of aromatic nitrogens is 2. The minimum Gasteiger partial charge on any atom is -0.389 e. The summed E-state index contributed by atoms with van der Waals surface area (Å²) in [5.41, 5.74) is 6.03. The second-order valence-corrected chi connectivity index (χ2v) is 4.34. The predicted molar refractivity (Wildman–Crippen MR) is 63.7 cm³/mol. The Balaban J connectivity index is 2.10. The number of carbonyl (C=O) groups excluding carboxylic acids is 1. The molecule has 16 heavy (non-hydrogen) atoms. The number of amides is 1. The molecule has 0 aromatic carbocycles. The van der Waals surface area contributed by atoms with Crippen molar-refractivity contribution >= 4 is 39.5 Å². The van der Waals surface area contributed by atoms with Crippen LogP contribution in [0.1, 0.15) is 9.80 Å². The molecule has 0 saturated heterocycles. The van der Waals surface area contributed by atoms with Crippen molar-refractivity contribution in [3.8, 4) is 0 Å². The van der Waals surface area contributed by atoms with Crippen molar-refractivity contribution in [3.63, 3.8) is 0 Å². The fourth-order valence-corrected chi connectivity index (χ4v) is 1.72. The maximum atomic E-state index is 11.6. The molecule has 0 bridgehead atoms. The summed E-state index contributed by atoms with van der Waals surface area (Å²) in [6.07, 6.45) is 2.91. The van der Waals surface area contributed by atoms with Crippen LogP contribution in [-0.4, -0.2) is 15.9 Å². The SMILES string of the molecule is Nc1cnc(C(=O)Nc2ccc(Cl)nc2)s1. The fourth-order valence-electron chi connectivity index (χ4n) is 1.03. The van der Waals surface area contributed by atoms with Gasteiger partial charge in [0.05, 0.1) is 18.1 Å². The molecule has 5 nitrogen and oxygen atoms in total. The number of pyridine rings is 1. The number of nitrogens with one attached hydrogen (secondary N) is 1. The molecule has 3 N–H and O–H groups in total. The van der Waals surface area contributed by atoms with Crippen LogP contribution < -0.4 is 11.1 Å². The Morgan fingerprint density at radius 2 is 2.19 bits per heavy atom. The van der Waals surface area contributed by atoms with E-state index in [-0.39, 0.29) is 5.91 Å². The van der Waals surface area contributed by atoms with E-state index < -0.39 is 0 Å². The van der Waals surface area contributed by atoms with Crippen LogP contribution in [0.2, 0.25) is 5.15 Å². The van der Waals surface area contributed by atoms with Crippen molar-refractivity contribution in [3.05, 3.63) is 34.7 Å². The van der Waals surface area contributed by atoms with Gasteiger partial charge in [0.1, 0.15) is 10.2 Å². The van der Waals surface area contributed by atoms with Crippen LogP contribution in [0.4, 0.5) is 10.7 Å². The van der Waals surface area contributed by atoms with Gasteiger partial charge in [-0.15, -0.1) is 0 Å². The highest BCUT2D eigenvalue weighted by atomic mass is 35.5. The van der Waals surface area contributed by atoms with Gasteiger partial charge in [-0.05, 0) is 12.1 Å². The number of nitrogen functional groups attached to an aromatic ring is 1. The number of rotatable bonds is 2. The van der Waals surface area contributed by atoms with Crippen LogP contribution in [-0.2, 0) is 0 Å². The average Bonchev–Trinajstić information content (AvgIpc) is 2.68. The molecule has 0 unspecified atom stereocenters. The molecule has 0 fully saturated rings. The molecule has 2 aromatic rings. The third-order valence-corrected chi connectivity index (χ3v) is 2.75. The van der Waals surface area contributed by atoms with Crippen molar-refractivity contribution in [2.75, 3.05) is 11.1 Å². The van der Waals surface area contributed by atoms with Gasteiger partial charge in [-0.3, -0.25) is 4.79 Å². The number of halogens is 1. The van der Waals surface area contributed by atoms with E-state index in [9.17, 15) is 4.79 Å². The largest absolute Gasteiger partial charge is 0.389 e. The summed E-state index contributed by atoms with van der Waals surface area (Å²) >= 11 is 6.74. The minimum atomic E-state index is -0.314. The van der Waals surface area contributed by atoms with Gasteiger partial charge >= 0.3 is 0 Å². The number of carbonyl (C=O) groups is 1. The summed E-state index contributed by atoms with van der Waals surface area (Å²) in [7, 11) is 0. The molecule has 0 spiro atoms. The van der Waals surface area contributed by atoms with Gasteiger partial charge in [-0.2, -0.15) is 0 Å². The smallest absolute Gasteiger partial charge is 0.284 e. The Morgan fingerprint density at radius 1 is 1.38 bits per heavy atom. The summed E-state index contributed by atoms with van der Waals surface area (Å²) in [4.78, 5) is 19.3. The molecule has 2 heterocycles. The molecule has 0 aliphatic rings. The highest BCUT2D eigenvalue weighted by molar-refractivity contribution is 7.17. The van der Waals surface area contributed by atoms with Crippen molar-refractivity contribution in [2.45, 2.75) is 0 Å². The second-order valence-electron chi connectivity index (χ2n) is 2.89. The van der Waals surface area contributed by atoms with Crippen LogP contribution in [0.3, 0.4) is 0 Å². The molecule has 0 atom stereocenters. The molecule has 0 aliphatic carbocycles. The molecule has 0 aliphatic heterocycles. The van der Waals surface area contributed by atoms with E-state index in [1.54, 1.807) is 12.1 Å². The molecule has 82 valence electrons. The van der Waals surface area contributed by atoms with Gasteiger partial charge in [0.2, 0.25) is 0 Å². The van der Waals surface area contributed by atoms with E-state index in [0.717, 1.165) is 11.3 Å². The number of anilines is 2. The summed E-state index contributed by atoms with van der Waals surface area (Å²) in [5, 5.41) is 3.81. The third kappa shape index (κ3) is 2.47. The van der Waals surface area contributed by atoms with Crippen molar-refractivity contribution in [2.24, 2.45) is 0 Å². The van der Waals surface area contributed by atoms with Crippen LogP contribution in [0.25, 0.3) is 0 Å². The van der Waals surface area contributed by atoms with Gasteiger partial charge in [0.15, 0.2) is 5.01 Å². The lowest BCUT2D eigenvalue weighted by molar-refractivity contribution is 0.102. The average molecular weight is 255 g/mol. The quantitative estimate of drug-likeness (QED) is 0.804. The first-order valence-electron chi connectivity index (χ1n) is 4.29. The summed E-state index contributed by atoms with van der Waals surface area (Å²) in [6, 6.07) is 3.25. The number of thiazole rings is 1. The molecule has 0 radical (unpaired) electrons. The van der Waals surface area contributed by atoms with Crippen LogP contribution >= 0.6 is 22.9 Å². The molecular formula is C9H7ClN4OS. The van der Waals surface area contributed by atoms with Crippen LogP contribution in [0.15, 0.2) is 24.5 Å². The van der Waals surface area contributed by atoms with E-state index in [2.05, 4.69) is 15.3 Å². The zero-order valence-electron chi connectivity index (χ0n) is 7.98. The number of hydrogen-bond donors (Lipinski definition) is 2. The Morgan fingerprint density at radius 3 is 2.75 bits per heavy atom. The fraction of sp³-hybridized carbons (Fsp3) is 0. The second kappa shape index (κ2) is 4.46. The van der Waals surface area contributed by atoms with E-state index in [4.69, 9.17) is 17.3 Å². The zero-order valence-corrected chi connectivity index (χ0v) is 9.55. The van der Waals surface area contributed by atoms with E-state index in [1.165, 1.54) is 12.4 Å². The Bertz CT molecular complexity index is 510. The van der Waals surface area contributed by atoms with Crippen LogP contribution in [0, 0.1) is 0 Å². The lowest BCUT2D eigenvalue weighted by atomic mass is 10.4. The van der Waals surface area contributed by atoms with Crippen molar-refractivity contribution in [1.29, 1.82) is 0 Å². The van der Waals surface area contributed by atoms with Gasteiger partial charge in [-0.25, -0.2) is 9.97 Å². The van der Waals surface area contributed by atoms with Gasteiger partial charge in [0, 0.05) is 0 Å². The maximum absolute atomic E-state index is 11.6. The molecule has 2 aromatic heterocycles. The monoisotopic (exact) mass is 254 g/mol. The zero-order chi connectivity index (χ0) is 11.5. The van der Waals surface area contributed by atoms with E-state index >= 15 is 0 Å². The lowest BCUT2D eigenvalue weighted by Crippen LogP contribution is -2.11. The Labute approximate surface area is 100 Å². The number of hydrogen-bond acceptors (Lipinski definition) is 5. The minimum absolute atomic E-state index is 0.312. The summed E-state index contributed by atoms with van der Waals surface area (Å²) in [5.74, 6) is -0.314. The van der Waals surface area contributed by atoms with E-state index in [0.29, 0.717) is 20.8 Å². The maximum Gasteiger partial charge on any atom is 0.284 e. The molecule has 7 heteroatoms. The molecule has 0 saturated carbocycles. The van der Waals surface area contributed by atoms with Gasteiger partial charge < -0.3 is 11.1 Å². The van der Waals surface area contributed by atoms with Gasteiger partial charge in [-0.1, -0.05) is 22.9 Å². The standard InChI is InChI=1S/C9H7ClN4OS/c10-6-2-1-5(3-12-6)14-8(15)9-13-4-7(11)16-9/h1-4H,11H2,(H,14,15). The first-order chi connectivity index (χ1) is 7.65. The number of nitrogens with zero attached hydrogens (tertiary/aromatic N) is 2. The van der Waals surface area contributed by atoms with Crippen molar-refractivity contribution < 1.29 is 4.79 Å². The van der Waals surface area contributed by atoms with Gasteiger partial charge in [0.25, 0.3) is 5.91 Å². The molecule has 1 amide bonds. The molecular weight excluding hydrogens is 248 g/mol. The first kappa shape index (κ1) is 10.8. The Hall–Kier alpha value is -1.66. The topological polar surface area (TPSA) is 80.9 Å². The lowest BCUT2D eigenvalue weighted by Gasteiger charge is -2.01.